The number of fused-ring (bicyclic) bond motifs is 1. The van der Waals surface area contributed by atoms with Crippen molar-refractivity contribution in [3.8, 4) is 28.5 Å². The second-order valence-corrected chi connectivity index (χ2v) is 14.7. The smallest absolute Gasteiger partial charge is 0.410 e. The van der Waals surface area contributed by atoms with E-state index in [0.29, 0.717) is 59.8 Å². The number of amides is 2. The van der Waals surface area contributed by atoms with Crippen LogP contribution in [-0.4, -0.2) is 91.0 Å². The molecule has 51 heavy (non-hydrogen) atoms. The number of ether oxygens (including phenoxy) is 1. The monoisotopic (exact) mass is 708 g/mol. The summed E-state index contributed by atoms with van der Waals surface area (Å²) in [6.07, 6.45) is 5.79. The number of carbonyl (C=O) groups excluding carboxylic acids is 2. The molecule has 0 saturated carbocycles. The lowest BCUT2D eigenvalue weighted by molar-refractivity contribution is -0.144. The lowest BCUT2D eigenvalue weighted by Gasteiger charge is -2.45. The number of benzene rings is 1. The molecule has 15 heteroatoms. The zero-order valence-corrected chi connectivity index (χ0v) is 29.7. The first kappa shape index (κ1) is 33.9. The summed E-state index contributed by atoms with van der Waals surface area (Å²) in [6.45, 7) is 9.34. The van der Waals surface area contributed by atoms with Gasteiger partial charge in [-0.2, -0.15) is 5.26 Å². The SMILES string of the molecule is CCc1nc2ccc(-c3cnc(NC4CN(C(=O)C5CN(C(=O)OC(C)(C)C)C5)C4)nc3)cn2c1N(C)c1nc(-c2ccc(F)cc2)c(C#N)s1. The third kappa shape index (κ3) is 6.79. The van der Waals surface area contributed by atoms with Crippen LogP contribution in [0.4, 0.5) is 26.1 Å². The van der Waals surface area contributed by atoms with E-state index < -0.39 is 5.60 Å². The average molecular weight is 709 g/mol. The van der Waals surface area contributed by atoms with Gasteiger partial charge in [-0.15, -0.1) is 0 Å². The van der Waals surface area contributed by atoms with E-state index in [0.717, 1.165) is 28.3 Å². The predicted molar refractivity (Wildman–Crippen MR) is 191 cm³/mol. The second-order valence-electron chi connectivity index (χ2n) is 13.7. The Morgan fingerprint density at radius 3 is 2.35 bits per heavy atom. The van der Waals surface area contributed by atoms with E-state index in [1.807, 2.05) is 62.4 Å². The van der Waals surface area contributed by atoms with Crippen LogP contribution < -0.4 is 10.2 Å². The van der Waals surface area contributed by atoms with E-state index >= 15 is 0 Å². The molecule has 0 aliphatic carbocycles. The van der Waals surface area contributed by atoms with Crippen LogP contribution >= 0.6 is 11.3 Å². The number of aryl methyl sites for hydroxylation is 1. The Balaban J connectivity index is 1.01. The molecule has 2 aliphatic rings. The first-order valence-electron chi connectivity index (χ1n) is 16.7. The first-order valence-corrected chi connectivity index (χ1v) is 17.5. The Kier molecular flexibility index (Phi) is 8.80. The highest BCUT2D eigenvalue weighted by molar-refractivity contribution is 7.16. The summed E-state index contributed by atoms with van der Waals surface area (Å²) in [4.78, 5) is 49.5. The zero-order valence-electron chi connectivity index (χ0n) is 28.9. The summed E-state index contributed by atoms with van der Waals surface area (Å²) in [5, 5.41) is 13.8. The van der Waals surface area contributed by atoms with E-state index in [9.17, 15) is 19.2 Å². The number of imidazole rings is 1. The highest BCUT2D eigenvalue weighted by Gasteiger charge is 2.42. The minimum absolute atomic E-state index is 0.0330. The maximum absolute atomic E-state index is 13.6. The molecular formula is C36H37FN10O3S. The number of nitriles is 1. The molecule has 2 fully saturated rings. The van der Waals surface area contributed by atoms with Crippen LogP contribution in [0.5, 0.6) is 0 Å². The third-order valence-corrected chi connectivity index (χ3v) is 9.87. The van der Waals surface area contributed by atoms with Gasteiger partial charge in [0.25, 0.3) is 0 Å². The topological polar surface area (TPSA) is 145 Å². The van der Waals surface area contributed by atoms with E-state index in [1.165, 1.54) is 23.5 Å². The molecule has 262 valence electrons. The van der Waals surface area contributed by atoms with Crippen molar-refractivity contribution in [3.63, 3.8) is 0 Å². The minimum Gasteiger partial charge on any atom is -0.444 e. The number of anilines is 3. The Bertz CT molecular complexity index is 2140. The molecule has 7 rings (SSSR count). The summed E-state index contributed by atoms with van der Waals surface area (Å²) in [6, 6.07) is 12.1. The van der Waals surface area contributed by atoms with Crippen molar-refractivity contribution in [2.75, 3.05) is 43.4 Å². The quantitative estimate of drug-likeness (QED) is 0.212. The lowest BCUT2D eigenvalue weighted by atomic mass is 9.96. The normalized spacial score (nSPS) is 14.9. The summed E-state index contributed by atoms with van der Waals surface area (Å²) in [7, 11) is 1.90. The fourth-order valence-corrected chi connectivity index (χ4v) is 6.97. The van der Waals surface area contributed by atoms with Gasteiger partial charge in [-0.3, -0.25) is 9.20 Å². The van der Waals surface area contributed by atoms with Crippen LogP contribution in [0.2, 0.25) is 0 Å². The maximum Gasteiger partial charge on any atom is 0.410 e. The molecule has 13 nitrogen and oxygen atoms in total. The molecule has 0 unspecified atom stereocenters. The van der Waals surface area contributed by atoms with Gasteiger partial charge < -0.3 is 24.8 Å². The van der Waals surface area contributed by atoms with Crippen molar-refractivity contribution >= 4 is 45.9 Å². The van der Waals surface area contributed by atoms with Crippen LogP contribution in [-0.2, 0) is 16.0 Å². The van der Waals surface area contributed by atoms with Crippen LogP contribution in [0.3, 0.4) is 0 Å². The van der Waals surface area contributed by atoms with Gasteiger partial charge in [-0.05, 0) is 63.6 Å². The molecule has 1 N–H and O–H groups in total. The molecule has 2 saturated heterocycles. The van der Waals surface area contributed by atoms with Gasteiger partial charge in [0.15, 0.2) is 5.13 Å². The summed E-state index contributed by atoms with van der Waals surface area (Å²) >= 11 is 1.27. The summed E-state index contributed by atoms with van der Waals surface area (Å²) in [5.74, 6) is 0.784. The van der Waals surface area contributed by atoms with Gasteiger partial charge in [0.1, 0.15) is 39.5 Å². The fourth-order valence-electron chi connectivity index (χ4n) is 6.12. The molecule has 4 aromatic heterocycles. The van der Waals surface area contributed by atoms with Crippen molar-refractivity contribution in [2.45, 2.75) is 45.8 Å². The molecule has 0 spiro atoms. The van der Waals surface area contributed by atoms with Gasteiger partial charge >= 0.3 is 6.09 Å². The van der Waals surface area contributed by atoms with Gasteiger partial charge in [-0.25, -0.2) is 29.1 Å². The summed E-state index contributed by atoms with van der Waals surface area (Å²) < 4.78 is 21.0. The van der Waals surface area contributed by atoms with E-state index in [1.54, 1.807) is 34.3 Å². The standard InChI is InChI=1S/C36H37FN10O3S/c1-6-27-31(44(5)34-43-30(28(13-38)51-34)21-7-10-25(37)11-8-21)47-18-22(9-12-29(47)42-27)23-14-39-33(40-15-23)41-26-19-45(20-26)32(48)24-16-46(17-24)35(49)50-36(2,3)4/h7-12,14-15,18,24,26H,6,16-17,19-20H2,1-5H3,(H,39,40,41). The lowest BCUT2D eigenvalue weighted by Crippen LogP contribution is -2.63. The highest BCUT2D eigenvalue weighted by atomic mass is 32.1. The number of carbonyl (C=O) groups is 2. The zero-order chi connectivity index (χ0) is 36.0. The number of nitrogens with zero attached hydrogens (tertiary/aromatic N) is 9. The van der Waals surface area contributed by atoms with Crippen LogP contribution in [0, 0.1) is 23.1 Å². The van der Waals surface area contributed by atoms with Gasteiger partial charge in [0.2, 0.25) is 11.9 Å². The Labute approximate surface area is 298 Å². The maximum atomic E-state index is 13.6. The molecule has 5 aromatic rings. The molecule has 6 heterocycles. The number of hydrogen-bond acceptors (Lipinski definition) is 11. The third-order valence-electron chi connectivity index (χ3n) is 8.83. The van der Waals surface area contributed by atoms with Crippen LogP contribution in [0.1, 0.15) is 38.3 Å². The number of pyridine rings is 1. The number of hydrogen-bond donors (Lipinski definition) is 1. The van der Waals surface area contributed by atoms with E-state index in [2.05, 4.69) is 21.4 Å². The Morgan fingerprint density at radius 2 is 1.71 bits per heavy atom. The van der Waals surface area contributed by atoms with Crippen molar-refractivity contribution in [1.82, 2.24) is 34.1 Å². The second kappa shape index (κ2) is 13.3. The highest BCUT2D eigenvalue weighted by Crippen LogP contribution is 2.37. The fraction of sp³-hybridized carbons (Fsp3) is 0.361. The van der Waals surface area contributed by atoms with Crippen molar-refractivity contribution in [2.24, 2.45) is 5.92 Å². The van der Waals surface area contributed by atoms with Crippen molar-refractivity contribution < 1.29 is 18.7 Å². The predicted octanol–water partition coefficient (Wildman–Crippen LogP) is 5.75. The molecule has 0 atom stereocenters. The number of rotatable bonds is 8. The molecule has 2 aliphatic heterocycles. The molecular weight excluding hydrogens is 672 g/mol. The Morgan fingerprint density at radius 1 is 1.02 bits per heavy atom. The molecule has 0 bridgehead atoms. The van der Waals surface area contributed by atoms with Crippen molar-refractivity contribution in [1.29, 1.82) is 5.26 Å². The number of likely N-dealkylation sites (tertiary alicyclic amines) is 2. The number of nitrogens with one attached hydrogen (secondary N) is 1. The van der Waals surface area contributed by atoms with Gasteiger partial charge in [0.05, 0.1) is 17.7 Å². The molecule has 0 radical (unpaired) electrons. The van der Waals surface area contributed by atoms with Crippen molar-refractivity contribution in [3.05, 3.63) is 71.4 Å². The number of thiazole rings is 1. The number of aromatic nitrogens is 5. The average Bonchev–Trinajstić information content (AvgIpc) is 3.66. The largest absolute Gasteiger partial charge is 0.444 e. The van der Waals surface area contributed by atoms with Crippen LogP contribution in [0.15, 0.2) is 55.0 Å². The van der Waals surface area contributed by atoms with Crippen LogP contribution in [0.25, 0.3) is 28.0 Å². The molecule has 2 amide bonds. The molecule has 1 aromatic carbocycles. The van der Waals surface area contributed by atoms with E-state index in [-0.39, 0.29) is 29.8 Å². The minimum atomic E-state index is -0.567. The first-order chi connectivity index (χ1) is 24.4. The summed E-state index contributed by atoms with van der Waals surface area (Å²) in [5.41, 5.74) is 3.94. The number of halogens is 1. The van der Waals surface area contributed by atoms with Gasteiger partial charge in [0, 0.05) is 68.5 Å². The van der Waals surface area contributed by atoms with E-state index in [4.69, 9.17) is 14.7 Å². The van der Waals surface area contributed by atoms with Gasteiger partial charge in [-0.1, -0.05) is 18.3 Å². The Hall–Kier alpha value is -5.62.